The minimum Gasteiger partial charge on any atom is -0.396 e. The average Bonchev–Trinajstić information content (AvgIpc) is 3.20. The van der Waals surface area contributed by atoms with Gasteiger partial charge >= 0.3 is 6.18 Å². The van der Waals surface area contributed by atoms with E-state index < -0.39 is 11.9 Å². The van der Waals surface area contributed by atoms with Crippen LogP contribution in [0, 0.1) is 0 Å². The molecule has 3 rings (SSSR count). The lowest BCUT2D eigenvalue weighted by Crippen LogP contribution is -2.12. The van der Waals surface area contributed by atoms with Crippen LogP contribution < -0.4 is 11.1 Å². The maximum Gasteiger partial charge on any atom is 0.433 e. The summed E-state index contributed by atoms with van der Waals surface area (Å²) < 4.78 is 38.0. The molecule has 0 bridgehead atoms. The summed E-state index contributed by atoms with van der Waals surface area (Å²) in [5, 5.41) is 3.08. The fourth-order valence-electron chi connectivity index (χ4n) is 2.37. The second-order valence-corrected chi connectivity index (χ2v) is 5.16. The van der Waals surface area contributed by atoms with E-state index in [9.17, 15) is 13.2 Å². The molecule has 0 spiro atoms. The summed E-state index contributed by atoms with van der Waals surface area (Å²) in [4.78, 5) is 3.33. The highest BCUT2D eigenvalue weighted by Crippen LogP contribution is 2.43. The van der Waals surface area contributed by atoms with Gasteiger partial charge in [-0.1, -0.05) is 30.3 Å². The number of aromatic nitrogens is 1. The summed E-state index contributed by atoms with van der Waals surface area (Å²) in [6.45, 7) is 0. The van der Waals surface area contributed by atoms with Crippen molar-refractivity contribution < 1.29 is 13.2 Å². The molecule has 1 saturated carbocycles. The number of pyridine rings is 1. The minimum atomic E-state index is -4.47. The van der Waals surface area contributed by atoms with Gasteiger partial charge in [0.2, 0.25) is 0 Å². The first-order valence-corrected chi connectivity index (χ1v) is 6.59. The first kappa shape index (κ1) is 13.7. The summed E-state index contributed by atoms with van der Waals surface area (Å²) in [5.74, 6) is 0.313. The molecule has 2 aromatic rings. The number of alkyl halides is 3. The first-order chi connectivity index (χ1) is 9.95. The molecular formula is C15H14F3N3. The molecule has 6 heteroatoms. The Morgan fingerprint density at radius 1 is 1.19 bits per heavy atom. The molecule has 1 aromatic carbocycles. The van der Waals surface area contributed by atoms with E-state index in [4.69, 9.17) is 5.73 Å². The van der Waals surface area contributed by atoms with Crippen LogP contribution in [-0.4, -0.2) is 11.0 Å². The van der Waals surface area contributed by atoms with E-state index in [1.165, 1.54) is 5.56 Å². The number of nitrogen functional groups attached to an aromatic ring is 1. The van der Waals surface area contributed by atoms with Crippen LogP contribution in [-0.2, 0) is 6.18 Å². The van der Waals surface area contributed by atoms with Crippen molar-refractivity contribution in [1.29, 1.82) is 0 Å². The van der Waals surface area contributed by atoms with Crippen molar-refractivity contribution in [3.63, 3.8) is 0 Å². The molecule has 0 aliphatic heterocycles. The summed E-state index contributed by atoms with van der Waals surface area (Å²) in [6.07, 6.45) is -2.54. The maximum absolute atomic E-state index is 12.7. The standard InChI is InChI=1S/C15H14F3N3/c16-15(17,18)14-7-13(11(19)8-20-14)21-12-6-10(12)9-4-2-1-3-5-9/h1-5,7-8,10,12H,6,19H2,(H,20,21). The Morgan fingerprint density at radius 2 is 1.90 bits per heavy atom. The Bertz CT molecular complexity index is 640. The summed E-state index contributed by atoms with van der Waals surface area (Å²) in [6, 6.07) is 11.0. The van der Waals surface area contributed by atoms with E-state index in [1.807, 2.05) is 30.3 Å². The predicted molar refractivity (Wildman–Crippen MR) is 74.9 cm³/mol. The fraction of sp³-hybridized carbons (Fsp3) is 0.267. The van der Waals surface area contributed by atoms with E-state index in [2.05, 4.69) is 10.3 Å². The number of anilines is 2. The Kier molecular flexibility index (Phi) is 3.23. The van der Waals surface area contributed by atoms with Crippen molar-refractivity contribution in [2.45, 2.75) is 24.6 Å². The smallest absolute Gasteiger partial charge is 0.396 e. The quantitative estimate of drug-likeness (QED) is 0.908. The zero-order chi connectivity index (χ0) is 15.0. The molecule has 1 aromatic heterocycles. The lowest BCUT2D eigenvalue weighted by atomic mass is 10.1. The molecule has 1 aliphatic rings. The predicted octanol–water partition coefficient (Wildman–Crippen LogP) is 3.65. The fourth-order valence-corrected chi connectivity index (χ4v) is 2.37. The molecule has 0 amide bonds. The monoisotopic (exact) mass is 293 g/mol. The van der Waals surface area contributed by atoms with Gasteiger partial charge in [-0.3, -0.25) is 0 Å². The molecule has 1 aliphatic carbocycles. The molecule has 1 fully saturated rings. The van der Waals surface area contributed by atoms with Gasteiger partial charge < -0.3 is 11.1 Å². The lowest BCUT2D eigenvalue weighted by Gasteiger charge is -2.12. The van der Waals surface area contributed by atoms with Crippen LogP contribution in [0.15, 0.2) is 42.6 Å². The highest BCUT2D eigenvalue weighted by molar-refractivity contribution is 5.66. The van der Waals surface area contributed by atoms with E-state index in [0.717, 1.165) is 18.7 Å². The SMILES string of the molecule is Nc1cnc(C(F)(F)F)cc1NC1CC1c1ccccc1. The Hall–Kier alpha value is -2.24. The molecule has 0 radical (unpaired) electrons. The summed E-state index contributed by atoms with van der Waals surface area (Å²) >= 11 is 0. The third-order valence-corrected chi connectivity index (χ3v) is 3.58. The number of nitrogens with one attached hydrogen (secondary N) is 1. The van der Waals surface area contributed by atoms with Gasteiger partial charge in [-0.2, -0.15) is 13.2 Å². The van der Waals surface area contributed by atoms with Gasteiger partial charge in [0.05, 0.1) is 17.6 Å². The van der Waals surface area contributed by atoms with Crippen LogP contribution in [0.5, 0.6) is 0 Å². The normalized spacial score (nSPS) is 21.1. The molecular weight excluding hydrogens is 279 g/mol. The molecule has 3 nitrogen and oxygen atoms in total. The maximum atomic E-state index is 12.7. The second-order valence-electron chi connectivity index (χ2n) is 5.16. The molecule has 3 N–H and O–H groups in total. The van der Waals surface area contributed by atoms with Crippen LogP contribution in [0.1, 0.15) is 23.6 Å². The number of halogens is 3. The summed E-state index contributed by atoms with van der Waals surface area (Å²) in [7, 11) is 0. The Labute approximate surface area is 120 Å². The van der Waals surface area contributed by atoms with Crippen molar-refractivity contribution in [1.82, 2.24) is 4.98 Å². The first-order valence-electron chi connectivity index (χ1n) is 6.59. The molecule has 1 heterocycles. The molecule has 0 saturated heterocycles. The Morgan fingerprint density at radius 3 is 2.57 bits per heavy atom. The van der Waals surface area contributed by atoms with Crippen LogP contribution in [0.3, 0.4) is 0 Å². The third-order valence-electron chi connectivity index (χ3n) is 3.58. The van der Waals surface area contributed by atoms with Gasteiger partial charge in [0.25, 0.3) is 0 Å². The van der Waals surface area contributed by atoms with Crippen LogP contribution in [0.25, 0.3) is 0 Å². The van der Waals surface area contributed by atoms with Crippen LogP contribution in [0.2, 0.25) is 0 Å². The highest BCUT2D eigenvalue weighted by Gasteiger charge is 2.39. The van der Waals surface area contributed by atoms with Crippen LogP contribution in [0.4, 0.5) is 24.5 Å². The number of benzene rings is 1. The number of hydrogen-bond acceptors (Lipinski definition) is 3. The zero-order valence-corrected chi connectivity index (χ0v) is 11.1. The molecule has 21 heavy (non-hydrogen) atoms. The van der Waals surface area contributed by atoms with Crippen molar-refractivity contribution in [2.24, 2.45) is 0 Å². The van der Waals surface area contributed by atoms with Gasteiger partial charge in [-0.15, -0.1) is 0 Å². The number of rotatable bonds is 3. The zero-order valence-electron chi connectivity index (χ0n) is 11.1. The van der Waals surface area contributed by atoms with Crippen LogP contribution >= 0.6 is 0 Å². The topological polar surface area (TPSA) is 50.9 Å². The second kappa shape index (κ2) is 4.95. The number of hydrogen-bond donors (Lipinski definition) is 2. The van der Waals surface area contributed by atoms with Crippen molar-refractivity contribution in [2.75, 3.05) is 11.1 Å². The third kappa shape index (κ3) is 2.94. The average molecular weight is 293 g/mol. The van der Waals surface area contributed by atoms with E-state index in [-0.39, 0.29) is 11.7 Å². The molecule has 2 atom stereocenters. The number of nitrogens with zero attached hydrogens (tertiary/aromatic N) is 1. The lowest BCUT2D eigenvalue weighted by molar-refractivity contribution is -0.141. The minimum absolute atomic E-state index is 0.109. The van der Waals surface area contributed by atoms with Gasteiger partial charge in [0, 0.05) is 12.0 Å². The van der Waals surface area contributed by atoms with Crippen molar-refractivity contribution in [3.05, 3.63) is 53.9 Å². The highest BCUT2D eigenvalue weighted by atomic mass is 19.4. The molecule has 2 unspecified atom stereocenters. The Balaban J connectivity index is 1.75. The van der Waals surface area contributed by atoms with Gasteiger partial charge in [0.15, 0.2) is 0 Å². The van der Waals surface area contributed by atoms with Gasteiger partial charge in [0.1, 0.15) is 5.69 Å². The van der Waals surface area contributed by atoms with Crippen molar-refractivity contribution in [3.8, 4) is 0 Å². The van der Waals surface area contributed by atoms with E-state index in [0.29, 0.717) is 11.6 Å². The molecule has 110 valence electrons. The van der Waals surface area contributed by atoms with Gasteiger partial charge in [-0.25, -0.2) is 4.98 Å². The van der Waals surface area contributed by atoms with E-state index in [1.54, 1.807) is 0 Å². The van der Waals surface area contributed by atoms with Crippen molar-refractivity contribution >= 4 is 11.4 Å². The number of nitrogens with two attached hydrogens (primary N) is 1. The summed E-state index contributed by atoms with van der Waals surface area (Å²) in [5.41, 5.74) is 6.46. The van der Waals surface area contributed by atoms with E-state index >= 15 is 0 Å². The van der Waals surface area contributed by atoms with Gasteiger partial charge in [-0.05, 0) is 18.1 Å². The largest absolute Gasteiger partial charge is 0.433 e.